The van der Waals surface area contributed by atoms with E-state index in [0.717, 1.165) is 124 Å². The number of nitrogens with zero attached hydrogens (tertiary/aromatic N) is 3. The molecule has 12 rings (SSSR count). The topological polar surface area (TPSA) is 157 Å². The standard InChI is InChI=1S/C27H27FN4O3.C22H19FN4O/c1-26(2,3)35-25(34)32-13-27(14-32)11-21-22(24(33)31-27)18-8-7-16-12-29-20(10-19(16)23(18)30-21)15-5-4-6-17(28)9-15;23-14-3-1-2-12(6-14)17-7-16-13(9-25-17)4-5-15-19-18(26-20(15)16)8-22(10-24-11-22)27-21(19)28/h4-6,9-10,12,30H,7-8,11,13-14H2,1-3H3,(H,31,33);1-3,6-7,9,24,26H,4-5,8,10-11H2,(H,27,28). The van der Waals surface area contributed by atoms with E-state index >= 15 is 0 Å². The molecule has 6 aromatic rings. The fraction of sp³-hybridized carbons (Fsp3) is 0.327. The highest BCUT2D eigenvalue weighted by Gasteiger charge is 2.52. The molecule has 3 amide bonds. The zero-order valence-corrected chi connectivity index (χ0v) is 35.2. The first-order valence-corrected chi connectivity index (χ1v) is 21.5. The van der Waals surface area contributed by atoms with E-state index in [1.54, 1.807) is 17.0 Å². The van der Waals surface area contributed by atoms with Crippen molar-refractivity contribution in [1.29, 1.82) is 0 Å². The van der Waals surface area contributed by atoms with Gasteiger partial charge in [0.2, 0.25) is 0 Å². The second-order valence-corrected chi connectivity index (χ2v) is 18.9. The SMILES string of the molecule is CC(C)(C)OC(=O)N1CC2(Cc3[nH]c4c(c3C(=O)N2)CCc2cnc(-c3cccc(F)c3)cc2-4)C1.O=C1NC2(CNC2)Cc2[nH]c3c(c21)CCc1cnc(-c2cccc(F)c2)cc1-3. The Morgan fingerprint density at radius 1 is 0.698 bits per heavy atom. The lowest BCUT2D eigenvalue weighted by molar-refractivity contribution is -0.0169. The van der Waals surface area contributed by atoms with Crippen LogP contribution >= 0.6 is 0 Å². The molecule has 320 valence electrons. The molecule has 2 aromatic carbocycles. The fourth-order valence-corrected chi connectivity index (χ4v) is 10.3. The molecule has 4 aliphatic heterocycles. The molecule has 0 bridgehead atoms. The van der Waals surface area contributed by atoms with Gasteiger partial charge in [0.15, 0.2) is 0 Å². The number of fused-ring (bicyclic) bond motifs is 10. The number of H-pyrrole nitrogens is 2. The Morgan fingerprint density at radius 3 is 1.65 bits per heavy atom. The summed E-state index contributed by atoms with van der Waals surface area (Å²) >= 11 is 0. The molecule has 2 aliphatic carbocycles. The number of halogens is 2. The molecule has 2 saturated heterocycles. The molecule has 2 fully saturated rings. The van der Waals surface area contributed by atoms with E-state index in [1.807, 2.05) is 57.4 Å². The second-order valence-electron chi connectivity index (χ2n) is 18.9. The number of nitrogens with one attached hydrogen (secondary N) is 5. The van der Waals surface area contributed by atoms with E-state index in [2.05, 4.69) is 35.9 Å². The van der Waals surface area contributed by atoms with Gasteiger partial charge in [0.05, 0.1) is 45.0 Å². The molecule has 14 heteroatoms. The largest absolute Gasteiger partial charge is 0.444 e. The molecule has 0 radical (unpaired) electrons. The minimum absolute atomic E-state index is 0.0307. The van der Waals surface area contributed by atoms with Crippen molar-refractivity contribution in [3.8, 4) is 45.0 Å². The fourth-order valence-electron chi connectivity index (χ4n) is 10.3. The van der Waals surface area contributed by atoms with Gasteiger partial charge in [0, 0.05) is 85.1 Å². The summed E-state index contributed by atoms with van der Waals surface area (Å²) in [6.07, 6.45) is 8.04. The normalized spacial score (nSPS) is 18.1. The lowest BCUT2D eigenvalue weighted by atomic mass is 9.80. The summed E-state index contributed by atoms with van der Waals surface area (Å²) in [5.74, 6) is -0.649. The van der Waals surface area contributed by atoms with Crippen LogP contribution in [0.2, 0.25) is 0 Å². The van der Waals surface area contributed by atoms with Crippen molar-refractivity contribution in [3.05, 3.63) is 129 Å². The van der Waals surface area contributed by atoms with Gasteiger partial charge in [-0.25, -0.2) is 13.6 Å². The van der Waals surface area contributed by atoms with Gasteiger partial charge in [0.25, 0.3) is 11.8 Å². The van der Waals surface area contributed by atoms with Crippen LogP contribution < -0.4 is 16.0 Å². The molecule has 4 aromatic heterocycles. The first kappa shape index (κ1) is 39.2. The zero-order valence-electron chi connectivity index (χ0n) is 35.2. The van der Waals surface area contributed by atoms with E-state index in [-0.39, 0.29) is 35.1 Å². The quantitative estimate of drug-likeness (QED) is 0.127. The van der Waals surface area contributed by atoms with Gasteiger partial charge in [-0.05, 0) is 105 Å². The van der Waals surface area contributed by atoms with Crippen molar-refractivity contribution in [2.45, 2.75) is 76.0 Å². The van der Waals surface area contributed by atoms with E-state index in [9.17, 15) is 23.2 Å². The molecule has 2 spiro atoms. The van der Waals surface area contributed by atoms with Crippen molar-refractivity contribution in [1.82, 2.24) is 40.8 Å². The molecular formula is C49H46F2N8O4. The monoisotopic (exact) mass is 848 g/mol. The molecule has 12 nitrogen and oxygen atoms in total. The number of aromatic nitrogens is 4. The minimum Gasteiger partial charge on any atom is -0.444 e. The Kier molecular flexibility index (Phi) is 8.82. The smallest absolute Gasteiger partial charge is 0.410 e. The summed E-state index contributed by atoms with van der Waals surface area (Å²) in [5, 5.41) is 9.65. The number of pyridine rings is 2. The first-order valence-electron chi connectivity index (χ1n) is 21.5. The third-order valence-corrected chi connectivity index (χ3v) is 13.2. The lowest BCUT2D eigenvalue weighted by Crippen LogP contribution is -2.74. The number of amides is 3. The number of aromatic amines is 2. The van der Waals surface area contributed by atoms with Crippen LogP contribution in [0.25, 0.3) is 45.0 Å². The number of likely N-dealkylation sites (tertiary alicyclic amines) is 1. The van der Waals surface area contributed by atoms with Gasteiger partial charge in [0.1, 0.15) is 17.2 Å². The van der Waals surface area contributed by atoms with Crippen LogP contribution in [0, 0.1) is 11.6 Å². The van der Waals surface area contributed by atoms with Crippen LogP contribution in [-0.2, 0) is 43.3 Å². The molecule has 0 atom stereocenters. The number of carbonyl (C=O) groups excluding carboxylic acids is 3. The van der Waals surface area contributed by atoms with Crippen LogP contribution in [0.5, 0.6) is 0 Å². The summed E-state index contributed by atoms with van der Waals surface area (Å²) in [6, 6.07) is 16.9. The van der Waals surface area contributed by atoms with Gasteiger partial charge in [-0.15, -0.1) is 0 Å². The van der Waals surface area contributed by atoms with Crippen LogP contribution in [0.15, 0.2) is 73.1 Å². The summed E-state index contributed by atoms with van der Waals surface area (Å²) < 4.78 is 32.9. The molecule has 6 aliphatic rings. The maximum Gasteiger partial charge on any atom is 0.410 e. The highest BCUT2D eigenvalue weighted by Crippen LogP contribution is 2.43. The summed E-state index contributed by atoms with van der Waals surface area (Å²) in [7, 11) is 0. The number of carbonyl (C=O) groups is 3. The van der Waals surface area contributed by atoms with Gasteiger partial charge in [-0.1, -0.05) is 24.3 Å². The number of ether oxygens (including phenoxy) is 1. The number of hydrogen-bond donors (Lipinski definition) is 5. The predicted octanol–water partition coefficient (Wildman–Crippen LogP) is 6.87. The Labute approximate surface area is 362 Å². The highest BCUT2D eigenvalue weighted by atomic mass is 19.1. The van der Waals surface area contributed by atoms with Crippen LogP contribution in [0.4, 0.5) is 13.6 Å². The van der Waals surface area contributed by atoms with Crippen LogP contribution in [-0.4, -0.2) is 85.6 Å². The van der Waals surface area contributed by atoms with Crippen molar-refractivity contribution in [2.75, 3.05) is 26.2 Å². The van der Waals surface area contributed by atoms with Gasteiger partial charge in [-0.2, -0.15) is 0 Å². The first-order chi connectivity index (χ1) is 30.2. The number of rotatable bonds is 2. The lowest BCUT2D eigenvalue weighted by Gasteiger charge is -2.51. The molecule has 0 unspecified atom stereocenters. The van der Waals surface area contributed by atoms with Gasteiger partial charge >= 0.3 is 6.09 Å². The Balaban J connectivity index is 0.000000144. The Hall–Kier alpha value is -6.67. The van der Waals surface area contributed by atoms with Crippen molar-refractivity contribution in [2.24, 2.45) is 0 Å². The Bertz CT molecular complexity index is 2920. The van der Waals surface area contributed by atoms with E-state index in [0.29, 0.717) is 30.8 Å². The van der Waals surface area contributed by atoms with Crippen LogP contribution in [0.3, 0.4) is 0 Å². The third kappa shape index (κ3) is 6.78. The van der Waals surface area contributed by atoms with Crippen LogP contribution in [0.1, 0.15) is 75.1 Å². The molecule has 5 N–H and O–H groups in total. The third-order valence-electron chi connectivity index (χ3n) is 13.2. The molecule has 8 heterocycles. The molecular weight excluding hydrogens is 803 g/mol. The van der Waals surface area contributed by atoms with Gasteiger partial charge in [-0.3, -0.25) is 19.6 Å². The van der Waals surface area contributed by atoms with Crippen molar-refractivity contribution in [3.63, 3.8) is 0 Å². The Morgan fingerprint density at radius 2 is 1.19 bits per heavy atom. The van der Waals surface area contributed by atoms with E-state index < -0.39 is 11.1 Å². The molecule has 0 saturated carbocycles. The second kappa shape index (κ2) is 14.2. The highest BCUT2D eigenvalue weighted by molar-refractivity contribution is 6.02. The zero-order chi connectivity index (χ0) is 43.4. The molecule has 63 heavy (non-hydrogen) atoms. The average Bonchev–Trinajstić information content (AvgIpc) is 3.81. The minimum atomic E-state index is -0.562. The number of aryl methyl sites for hydroxylation is 2. The predicted molar refractivity (Wildman–Crippen MR) is 232 cm³/mol. The summed E-state index contributed by atoms with van der Waals surface area (Å²) in [5.41, 5.74) is 13.6. The number of benzene rings is 2. The maximum absolute atomic E-state index is 13.8. The van der Waals surface area contributed by atoms with Crippen molar-refractivity contribution >= 4 is 17.9 Å². The summed E-state index contributed by atoms with van der Waals surface area (Å²) in [4.78, 5) is 56.4. The van der Waals surface area contributed by atoms with Crippen molar-refractivity contribution < 1.29 is 27.9 Å². The van der Waals surface area contributed by atoms with E-state index in [1.165, 1.54) is 24.3 Å². The summed E-state index contributed by atoms with van der Waals surface area (Å²) in [6.45, 7) is 7.98. The van der Waals surface area contributed by atoms with Gasteiger partial charge < -0.3 is 35.6 Å². The average molecular weight is 849 g/mol. The maximum atomic E-state index is 13.8. The number of hydrogen-bond acceptors (Lipinski definition) is 7. The van der Waals surface area contributed by atoms with E-state index in [4.69, 9.17) is 4.74 Å².